The summed E-state index contributed by atoms with van der Waals surface area (Å²) in [7, 11) is 0. The molecular formula is C19H23NO. The third-order valence-corrected chi connectivity index (χ3v) is 4.36. The van der Waals surface area contributed by atoms with Crippen LogP contribution < -0.4 is 5.32 Å². The molecule has 1 atom stereocenters. The van der Waals surface area contributed by atoms with E-state index in [0.29, 0.717) is 11.8 Å². The summed E-state index contributed by atoms with van der Waals surface area (Å²) in [5.41, 5.74) is 4.26. The quantitative estimate of drug-likeness (QED) is 0.830. The Balaban J connectivity index is 1.61. The Bertz CT molecular complexity index is 576. The second-order valence-corrected chi connectivity index (χ2v) is 5.87. The zero-order chi connectivity index (χ0) is 14.5. The SMILES string of the molecule is Oc1ccc(CCN[C@H]2CCCCc3ccccc32)cc1. The molecule has 2 N–H and O–H groups in total. The topological polar surface area (TPSA) is 32.3 Å². The van der Waals surface area contributed by atoms with Crippen molar-refractivity contribution in [3.05, 3.63) is 65.2 Å². The maximum atomic E-state index is 9.31. The van der Waals surface area contributed by atoms with Crippen molar-refractivity contribution in [2.75, 3.05) is 6.54 Å². The lowest BCUT2D eigenvalue weighted by Gasteiger charge is -2.19. The van der Waals surface area contributed by atoms with Gasteiger partial charge < -0.3 is 10.4 Å². The number of fused-ring (bicyclic) bond motifs is 1. The van der Waals surface area contributed by atoms with Gasteiger partial charge in [0.2, 0.25) is 0 Å². The monoisotopic (exact) mass is 281 g/mol. The van der Waals surface area contributed by atoms with Crippen LogP contribution in [0.5, 0.6) is 5.75 Å². The van der Waals surface area contributed by atoms with Crippen LogP contribution in [0.25, 0.3) is 0 Å². The Morgan fingerprint density at radius 2 is 1.81 bits per heavy atom. The normalized spacial score (nSPS) is 18.0. The molecule has 0 heterocycles. The largest absolute Gasteiger partial charge is 0.508 e. The van der Waals surface area contributed by atoms with Crippen LogP contribution in [0.3, 0.4) is 0 Å². The van der Waals surface area contributed by atoms with Crippen LogP contribution in [0, 0.1) is 0 Å². The molecule has 21 heavy (non-hydrogen) atoms. The first kappa shape index (κ1) is 14.2. The standard InChI is InChI=1S/C19H23NO/c21-17-11-9-15(10-12-17)13-14-20-19-8-4-2-6-16-5-1-3-7-18(16)19/h1,3,5,7,9-12,19-21H,2,4,6,8,13-14H2/t19-/m0/s1. The molecule has 0 saturated carbocycles. The van der Waals surface area contributed by atoms with Crippen molar-refractivity contribution in [1.82, 2.24) is 5.32 Å². The first-order chi connectivity index (χ1) is 10.3. The van der Waals surface area contributed by atoms with Crippen molar-refractivity contribution >= 4 is 0 Å². The van der Waals surface area contributed by atoms with Gasteiger partial charge in [-0.05, 0) is 61.1 Å². The lowest BCUT2D eigenvalue weighted by atomic mass is 9.99. The number of phenolic OH excluding ortho intramolecular Hbond substituents is 1. The van der Waals surface area contributed by atoms with Gasteiger partial charge in [-0.3, -0.25) is 0 Å². The first-order valence-corrected chi connectivity index (χ1v) is 7.92. The van der Waals surface area contributed by atoms with Crippen LogP contribution in [0.2, 0.25) is 0 Å². The molecule has 0 aromatic heterocycles. The highest BCUT2D eigenvalue weighted by atomic mass is 16.3. The van der Waals surface area contributed by atoms with Gasteiger partial charge in [0.1, 0.15) is 5.75 Å². The van der Waals surface area contributed by atoms with E-state index in [2.05, 4.69) is 29.6 Å². The van der Waals surface area contributed by atoms with Crippen molar-refractivity contribution < 1.29 is 5.11 Å². The number of aryl methyl sites for hydroxylation is 1. The molecule has 0 saturated heterocycles. The maximum Gasteiger partial charge on any atom is 0.115 e. The van der Waals surface area contributed by atoms with E-state index in [-0.39, 0.29) is 0 Å². The highest BCUT2D eigenvalue weighted by Gasteiger charge is 2.17. The minimum atomic E-state index is 0.337. The second-order valence-electron chi connectivity index (χ2n) is 5.87. The third kappa shape index (κ3) is 3.64. The van der Waals surface area contributed by atoms with Crippen molar-refractivity contribution in [2.24, 2.45) is 0 Å². The molecule has 0 spiro atoms. The predicted molar refractivity (Wildman–Crippen MR) is 86.6 cm³/mol. The van der Waals surface area contributed by atoms with Crippen LogP contribution in [-0.4, -0.2) is 11.7 Å². The summed E-state index contributed by atoms with van der Waals surface area (Å²) in [6.45, 7) is 0.976. The molecule has 1 aliphatic rings. The van der Waals surface area contributed by atoms with E-state index in [1.165, 1.54) is 42.4 Å². The summed E-state index contributed by atoms with van der Waals surface area (Å²) in [5.74, 6) is 0.337. The molecular weight excluding hydrogens is 258 g/mol. The molecule has 0 fully saturated rings. The van der Waals surface area contributed by atoms with Crippen LogP contribution in [0.1, 0.15) is 42.0 Å². The van der Waals surface area contributed by atoms with Gasteiger partial charge in [-0.25, -0.2) is 0 Å². The van der Waals surface area contributed by atoms with E-state index < -0.39 is 0 Å². The average Bonchev–Trinajstić information content (AvgIpc) is 2.72. The number of hydrogen-bond acceptors (Lipinski definition) is 2. The fourth-order valence-electron chi connectivity index (χ4n) is 3.19. The molecule has 0 unspecified atom stereocenters. The van der Waals surface area contributed by atoms with Crippen LogP contribution in [0.4, 0.5) is 0 Å². The fourth-order valence-corrected chi connectivity index (χ4v) is 3.19. The first-order valence-electron chi connectivity index (χ1n) is 7.92. The number of nitrogens with one attached hydrogen (secondary N) is 1. The van der Waals surface area contributed by atoms with Crippen molar-refractivity contribution in [3.63, 3.8) is 0 Å². The van der Waals surface area contributed by atoms with Gasteiger partial charge in [-0.2, -0.15) is 0 Å². The van der Waals surface area contributed by atoms with E-state index in [9.17, 15) is 5.11 Å². The summed E-state index contributed by atoms with van der Waals surface area (Å²) in [5, 5.41) is 13.0. The van der Waals surface area contributed by atoms with Gasteiger partial charge in [0, 0.05) is 6.04 Å². The Labute approximate surface area is 126 Å². The molecule has 1 aliphatic carbocycles. The van der Waals surface area contributed by atoms with E-state index in [4.69, 9.17) is 0 Å². The molecule has 2 aromatic rings. The lowest BCUT2D eigenvalue weighted by Crippen LogP contribution is -2.24. The predicted octanol–water partition coefficient (Wildman–Crippen LogP) is 3.99. The summed E-state index contributed by atoms with van der Waals surface area (Å²) < 4.78 is 0. The summed E-state index contributed by atoms with van der Waals surface area (Å²) in [4.78, 5) is 0. The molecule has 0 bridgehead atoms. The Hall–Kier alpha value is -1.80. The Morgan fingerprint density at radius 3 is 2.67 bits per heavy atom. The van der Waals surface area contributed by atoms with Crippen LogP contribution in [0.15, 0.2) is 48.5 Å². The number of rotatable bonds is 4. The van der Waals surface area contributed by atoms with E-state index in [1.54, 1.807) is 12.1 Å². The molecule has 0 aliphatic heterocycles. The van der Waals surface area contributed by atoms with Crippen molar-refractivity contribution in [1.29, 1.82) is 0 Å². The zero-order valence-corrected chi connectivity index (χ0v) is 12.4. The maximum absolute atomic E-state index is 9.31. The number of benzene rings is 2. The van der Waals surface area contributed by atoms with Gasteiger partial charge in [-0.1, -0.05) is 42.8 Å². The van der Waals surface area contributed by atoms with E-state index >= 15 is 0 Å². The minimum Gasteiger partial charge on any atom is -0.508 e. The minimum absolute atomic E-state index is 0.337. The van der Waals surface area contributed by atoms with E-state index in [1.807, 2.05) is 12.1 Å². The average molecular weight is 281 g/mol. The van der Waals surface area contributed by atoms with Gasteiger partial charge in [0.05, 0.1) is 0 Å². The third-order valence-electron chi connectivity index (χ3n) is 4.36. The Kier molecular flexibility index (Phi) is 4.56. The smallest absolute Gasteiger partial charge is 0.115 e. The molecule has 0 amide bonds. The molecule has 2 heteroatoms. The van der Waals surface area contributed by atoms with Crippen molar-refractivity contribution in [3.8, 4) is 5.75 Å². The van der Waals surface area contributed by atoms with Crippen LogP contribution >= 0.6 is 0 Å². The highest BCUT2D eigenvalue weighted by Crippen LogP contribution is 2.28. The number of hydrogen-bond donors (Lipinski definition) is 2. The van der Waals surface area contributed by atoms with Crippen molar-refractivity contribution in [2.45, 2.75) is 38.1 Å². The molecule has 2 nitrogen and oxygen atoms in total. The molecule has 110 valence electrons. The summed E-state index contributed by atoms with van der Waals surface area (Å²) in [6.07, 6.45) is 6.04. The molecule has 3 rings (SSSR count). The zero-order valence-electron chi connectivity index (χ0n) is 12.4. The highest BCUT2D eigenvalue weighted by molar-refractivity contribution is 5.31. The number of aromatic hydroxyl groups is 1. The fraction of sp³-hybridized carbons (Fsp3) is 0.368. The van der Waals surface area contributed by atoms with Gasteiger partial charge in [0.15, 0.2) is 0 Å². The summed E-state index contributed by atoms with van der Waals surface area (Å²) in [6, 6.07) is 16.9. The number of phenols is 1. The second kappa shape index (κ2) is 6.77. The lowest BCUT2D eigenvalue weighted by molar-refractivity contribution is 0.474. The molecule has 0 radical (unpaired) electrons. The summed E-state index contributed by atoms with van der Waals surface area (Å²) >= 11 is 0. The molecule has 2 aromatic carbocycles. The van der Waals surface area contributed by atoms with E-state index in [0.717, 1.165) is 13.0 Å². The van der Waals surface area contributed by atoms with Crippen LogP contribution in [-0.2, 0) is 12.8 Å². The van der Waals surface area contributed by atoms with Gasteiger partial charge in [0.25, 0.3) is 0 Å². The van der Waals surface area contributed by atoms with Gasteiger partial charge in [-0.15, -0.1) is 0 Å². The Morgan fingerprint density at radius 1 is 1.00 bits per heavy atom. The van der Waals surface area contributed by atoms with Gasteiger partial charge >= 0.3 is 0 Å².